The van der Waals surface area contributed by atoms with Crippen molar-refractivity contribution in [1.29, 1.82) is 0 Å². The zero-order chi connectivity index (χ0) is 71.8. The zero-order valence-corrected chi connectivity index (χ0v) is 63.7. The van der Waals surface area contributed by atoms with Gasteiger partial charge in [-0.05, 0) is 116 Å². The summed E-state index contributed by atoms with van der Waals surface area (Å²) in [4.78, 5) is 72.8. The molecule has 0 aromatic rings. The fourth-order valence-electron chi connectivity index (χ4n) is 10.4. The Morgan fingerprint density at radius 2 is 0.541 bits per heavy atom. The first-order valence-corrected chi connectivity index (χ1v) is 41.8. The summed E-state index contributed by atoms with van der Waals surface area (Å²) in [5.41, 5.74) is 0. The molecule has 19 heteroatoms. The highest BCUT2D eigenvalue weighted by molar-refractivity contribution is 7.47. The summed E-state index contributed by atoms with van der Waals surface area (Å²) < 4.78 is 68.4. The van der Waals surface area contributed by atoms with Gasteiger partial charge in [-0.2, -0.15) is 0 Å². The van der Waals surface area contributed by atoms with Crippen LogP contribution in [0.4, 0.5) is 0 Å². The van der Waals surface area contributed by atoms with E-state index in [2.05, 4.69) is 101 Å². The third-order valence-corrected chi connectivity index (χ3v) is 18.2. The SMILES string of the molecule is CC/C=C\C/C=C\C/C=C\C/C=C\C/C=C\CCCC(=O)OCC(COP(=O)(O)OCC(O)COP(=O)(O)OCC(COC(=O)CCCCCCC/C=C\CCCCCC)OC(=O)CCCCCCC/C=C\CCCCCC)OC(=O)CCCCCCCCCCCCCCCCC. The number of phosphoric acid groups is 2. The number of aliphatic hydroxyl groups excluding tert-OH is 1. The topological polar surface area (TPSA) is 237 Å². The molecule has 0 aromatic carbocycles. The number of esters is 4. The summed E-state index contributed by atoms with van der Waals surface area (Å²) in [7, 11) is -9.96. The molecule has 0 aliphatic heterocycles. The molecular formula is C79H140O17P2. The highest BCUT2D eigenvalue weighted by Gasteiger charge is 2.30. The van der Waals surface area contributed by atoms with Crippen molar-refractivity contribution in [1.82, 2.24) is 0 Å². The van der Waals surface area contributed by atoms with Crippen LogP contribution >= 0.6 is 15.6 Å². The summed E-state index contributed by atoms with van der Waals surface area (Å²) in [6.07, 6.45) is 72.9. The molecule has 0 aliphatic carbocycles. The van der Waals surface area contributed by atoms with E-state index in [0.29, 0.717) is 32.1 Å². The fourth-order valence-corrected chi connectivity index (χ4v) is 12.0. The van der Waals surface area contributed by atoms with E-state index in [9.17, 15) is 43.2 Å². The average Bonchev–Trinajstić information content (AvgIpc) is 1.05. The lowest BCUT2D eigenvalue weighted by atomic mass is 10.0. The number of allylic oxidation sites excluding steroid dienone is 14. The van der Waals surface area contributed by atoms with Crippen LogP contribution in [0.1, 0.15) is 336 Å². The first-order valence-electron chi connectivity index (χ1n) is 38.8. The number of rotatable bonds is 73. The van der Waals surface area contributed by atoms with Crippen LogP contribution in [0.15, 0.2) is 85.1 Å². The van der Waals surface area contributed by atoms with E-state index in [1.165, 1.54) is 116 Å². The summed E-state index contributed by atoms with van der Waals surface area (Å²) in [5.74, 6) is -2.24. The lowest BCUT2D eigenvalue weighted by molar-refractivity contribution is -0.161. The minimum Gasteiger partial charge on any atom is -0.462 e. The van der Waals surface area contributed by atoms with Crippen molar-refractivity contribution in [3.05, 3.63) is 85.1 Å². The molecule has 568 valence electrons. The third-order valence-electron chi connectivity index (χ3n) is 16.3. The number of carbonyl (C=O) groups is 4. The van der Waals surface area contributed by atoms with E-state index in [1.807, 2.05) is 12.2 Å². The van der Waals surface area contributed by atoms with E-state index in [-0.39, 0.29) is 25.7 Å². The van der Waals surface area contributed by atoms with E-state index in [0.717, 1.165) is 135 Å². The zero-order valence-electron chi connectivity index (χ0n) is 62.0. The predicted molar refractivity (Wildman–Crippen MR) is 399 cm³/mol. The summed E-state index contributed by atoms with van der Waals surface area (Å²) >= 11 is 0. The molecule has 98 heavy (non-hydrogen) atoms. The molecule has 0 amide bonds. The minimum atomic E-state index is -4.98. The van der Waals surface area contributed by atoms with E-state index in [4.69, 9.17) is 37.0 Å². The van der Waals surface area contributed by atoms with Crippen molar-refractivity contribution >= 4 is 39.5 Å². The fraction of sp³-hybridized carbons (Fsp3) is 0.772. The molecule has 3 N–H and O–H groups in total. The van der Waals surface area contributed by atoms with Gasteiger partial charge in [-0.3, -0.25) is 37.3 Å². The van der Waals surface area contributed by atoms with E-state index >= 15 is 0 Å². The monoisotopic (exact) mass is 1420 g/mol. The van der Waals surface area contributed by atoms with Crippen LogP contribution in [0.3, 0.4) is 0 Å². The molecule has 0 bridgehead atoms. The molecule has 0 fully saturated rings. The number of hydrogen-bond donors (Lipinski definition) is 3. The smallest absolute Gasteiger partial charge is 0.462 e. The first-order chi connectivity index (χ1) is 47.7. The Morgan fingerprint density at radius 1 is 0.296 bits per heavy atom. The Bertz CT molecular complexity index is 2190. The highest BCUT2D eigenvalue weighted by Crippen LogP contribution is 2.45. The largest absolute Gasteiger partial charge is 0.472 e. The summed E-state index contributed by atoms with van der Waals surface area (Å²) in [5, 5.41) is 10.6. The van der Waals surface area contributed by atoms with Gasteiger partial charge >= 0.3 is 39.5 Å². The quantitative estimate of drug-likeness (QED) is 0.0169. The van der Waals surface area contributed by atoms with Crippen LogP contribution in [-0.4, -0.2) is 96.7 Å². The maximum atomic E-state index is 13.1. The molecule has 0 saturated carbocycles. The van der Waals surface area contributed by atoms with Gasteiger partial charge in [-0.15, -0.1) is 0 Å². The van der Waals surface area contributed by atoms with Gasteiger partial charge in [0.15, 0.2) is 12.2 Å². The van der Waals surface area contributed by atoms with Gasteiger partial charge < -0.3 is 33.8 Å². The molecule has 0 saturated heterocycles. The Balaban J connectivity index is 5.38. The minimum absolute atomic E-state index is 0.0844. The number of unbranched alkanes of at least 4 members (excludes halogenated alkanes) is 33. The summed E-state index contributed by atoms with van der Waals surface area (Å²) in [6, 6.07) is 0. The Kier molecular flexibility index (Phi) is 68.9. The van der Waals surface area contributed by atoms with Gasteiger partial charge in [-0.1, -0.05) is 280 Å². The van der Waals surface area contributed by atoms with Crippen molar-refractivity contribution < 1.29 is 80.2 Å². The van der Waals surface area contributed by atoms with Crippen LogP contribution in [0.2, 0.25) is 0 Å². The standard InChI is InChI=1S/C79H140O17P2/c1-5-9-13-17-21-25-29-33-35-36-38-41-44-48-52-56-60-64-77(82)90-70-75(96-79(84)66-62-58-54-50-46-42-37-34-30-26-22-18-14-10-6-2)72-94-98(87,88)92-68-73(80)67-91-97(85,86)93-71-74(95-78(83)65-61-57-53-49-45-40-32-28-24-20-16-12-8-4)69-89-76(81)63-59-55-51-47-43-39-31-27-23-19-15-11-7-3/h9,13,21,25,27-28,31-33,35,38,41,48,52,73-75,80H,5-8,10-12,14-20,22-24,26,29-30,34,36-37,39-40,42-47,49-51,53-72H2,1-4H3,(H,85,86)(H,87,88)/b13-9-,25-21-,31-27-,32-28-,35-33-,41-38-,52-48-. The van der Waals surface area contributed by atoms with E-state index < -0.39 is 97.5 Å². The van der Waals surface area contributed by atoms with Gasteiger partial charge in [0.1, 0.15) is 19.3 Å². The Labute approximate surface area is 595 Å². The van der Waals surface area contributed by atoms with Gasteiger partial charge in [0.05, 0.1) is 26.4 Å². The van der Waals surface area contributed by atoms with Crippen molar-refractivity contribution in [2.24, 2.45) is 0 Å². The van der Waals surface area contributed by atoms with Crippen LogP contribution in [0.25, 0.3) is 0 Å². The molecule has 17 nitrogen and oxygen atoms in total. The molecule has 5 unspecified atom stereocenters. The molecule has 0 spiro atoms. The number of hydrogen-bond acceptors (Lipinski definition) is 15. The van der Waals surface area contributed by atoms with Gasteiger partial charge in [0.25, 0.3) is 0 Å². The van der Waals surface area contributed by atoms with Crippen molar-refractivity contribution in [2.75, 3.05) is 39.6 Å². The maximum Gasteiger partial charge on any atom is 0.472 e. The van der Waals surface area contributed by atoms with Gasteiger partial charge in [-0.25, -0.2) is 9.13 Å². The number of aliphatic hydroxyl groups is 1. The van der Waals surface area contributed by atoms with Crippen LogP contribution < -0.4 is 0 Å². The average molecular weight is 1420 g/mol. The van der Waals surface area contributed by atoms with Crippen LogP contribution in [0, 0.1) is 0 Å². The Morgan fingerprint density at radius 3 is 0.878 bits per heavy atom. The molecular weight excluding hydrogens is 1280 g/mol. The summed E-state index contributed by atoms with van der Waals surface area (Å²) in [6.45, 7) is 4.69. The van der Waals surface area contributed by atoms with Crippen molar-refractivity contribution in [2.45, 2.75) is 354 Å². The second-order valence-electron chi connectivity index (χ2n) is 25.9. The Hall–Kier alpha value is -3.76. The lowest BCUT2D eigenvalue weighted by Crippen LogP contribution is -2.30. The second kappa shape index (κ2) is 71.6. The van der Waals surface area contributed by atoms with Gasteiger partial charge in [0.2, 0.25) is 0 Å². The van der Waals surface area contributed by atoms with Crippen molar-refractivity contribution in [3.63, 3.8) is 0 Å². The molecule has 0 heterocycles. The molecule has 5 atom stereocenters. The molecule has 0 aromatic heterocycles. The lowest BCUT2D eigenvalue weighted by Gasteiger charge is -2.21. The maximum absolute atomic E-state index is 13.1. The number of ether oxygens (including phenoxy) is 4. The molecule has 0 radical (unpaired) electrons. The second-order valence-corrected chi connectivity index (χ2v) is 28.8. The number of phosphoric ester groups is 2. The predicted octanol–water partition coefficient (Wildman–Crippen LogP) is 22.2. The number of carbonyl (C=O) groups excluding carboxylic acids is 4. The highest BCUT2D eigenvalue weighted by atomic mass is 31.2. The van der Waals surface area contributed by atoms with Crippen LogP contribution in [0.5, 0.6) is 0 Å². The third kappa shape index (κ3) is 70.7. The van der Waals surface area contributed by atoms with Crippen LogP contribution in [-0.2, 0) is 65.4 Å². The van der Waals surface area contributed by atoms with E-state index in [1.54, 1.807) is 0 Å². The first kappa shape index (κ1) is 94.2. The normalized spacial score (nSPS) is 14.4. The molecule has 0 aliphatic rings. The van der Waals surface area contributed by atoms with Crippen molar-refractivity contribution in [3.8, 4) is 0 Å². The molecule has 0 rings (SSSR count). The van der Waals surface area contributed by atoms with Gasteiger partial charge in [0, 0.05) is 25.7 Å².